The topological polar surface area (TPSA) is 79.5 Å². The molecule has 0 radical (unpaired) electrons. The number of allylic oxidation sites excluding steroid dienone is 1. The molecule has 0 spiro atoms. The first-order chi connectivity index (χ1) is 19.1. The predicted molar refractivity (Wildman–Crippen MR) is 167 cm³/mol. The molecule has 40 heavy (non-hydrogen) atoms. The molecule has 1 unspecified atom stereocenters. The summed E-state index contributed by atoms with van der Waals surface area (Å²) in [5.74, 6) is -0.452. The molecule has 0 fully saturated rings. The molecule has 210 valence electrons. The van der Waals surface area contributed by atoms with Crippen molar-refractivity contribution >= 4 is 28.7 Å². The monoisotopic (exact) mass is 539 g/mol. The largest absolute Gasteiger partial charge is 0.478 e. The number of carbonyl (C=O) groups is 1. The number of aryl methyl sites for hydroxylation is 2. The smallest absolute Gasteiger partial charge is 0.337 e. The van der Waals surface area contributed by atoms with Gasteiger partial charge in [0.05, 0.1) is 17.0 Å². The lowest BCUT2D eigenvalue weighted by Gasteiger charge is -2.20. The molecular formula is C35H41NO4. The van der Waals surface area contributed by atoms with Crippen molar-refractivity contribution in [2.24, 2.45) is 0 Å². The number of aromatic carboxylic acids is 1. The number of carboxylic acid groups (broad SMARTS) is 1. The number of nitrogens with one attached hydrogen (secondary N) is 1. The van der Waals surface area contributed by atoms with Crippen LogP contribution in [0.1, 0.15) is 91.7 Å². The minimum absolute atomic E-state index is 0.0650. The number of hydrogen-bond acceptors (Lipinski definition) is 4. The van der Waals surface area contributed by atoms with Gasteiger partial charge >= 0.3 is 5.97 Å². The van der Waals surface area contributed by atoms with E-state index < -0.39 is 5.97 Å². The second-order valence-electron chi connectivity index (χ2n) is 9.91. The molecule has 1 aromatic heterocycles. The van der Waals surface area contributed by atoms with Crippen molar-refractivity contribution in [2.45, 2.75) is 74.3 Å². The van der Waals surface area contributed by atoms with Crippen LogP contribution in [0.2, 0.25) is 0 Å². The van der Waals surface area contributed by atoms with Gasteiger partial charge in [0.15, 0.2) is 5.43 Å². The molecule has 0 aliphatic heterocycles. The summed E-state index contributed by atoms with van der Waals surface area (Å²) in [4.78, 5) is 25.3. The van der Waals surface area contributed by atoms with Crippen LogP contribution < -0.4 is 10.7 Å². The molecule has 4 rings (SSSR count). The average Bonchev–Trinajstić information content (AvgIpc) is 2.95. The highest BCUT2D eigenvalue weighted by Gasteiger charge is 2.20. The Morgan fingerprint density at radius 2 is 1.68 bits per heavy atom. The van der Waals surface area contributed by atoms with Crippen molar-refractivity contribution in [2.75, 3.05) is 5.32 Å². The molecule has 0 saturated carbocycles. The summed E-state index contributed by atoms with van der Waals surface area (Å²) < 4.78 is 6.56. The zero-order valence-electron chi connectivity index (χ0n) is 24.9. The third-order valence-corrected chi connectivity index (χ3v) is 7.20. The van der Waals surface area contributed by atoms with Crippen molar-refractivity contribution in [3.05, 3.63) is 104 Å². The van der Waals surface area contributed by atoms with E-state index in [1.54, 1.807) is 24.3 Å². The zero-order chi connectivity index (χ0) is 29.6. The summed E-state index contributed by atoms with van der Waals surface area (Å²) in [5.41, 5.74) is 7.94. The fraction of sp³-hybridized carbons (Fsp3) is 0.314. The lowest BCUT2D eigenvalue weighted by Crippen LogP contribution is -2.14. The molecule has 0 aliphatic carbocycles. The highest BCUT2D eigenvalue weighted by atomic mass is 16.4. The Hall–Kier alpha value is -4.12. The van der Waals surface area contributed by atoms with Gasteiger partial charge in [-0.3, -0.25) is 4.79 Å². The lowest BCUT2D eigenvalue weighted by atomic mass is 9.96. The molecule has 4 aromatic rings. The summed E-state index contributed by atoms with van der Waals surface area (Å²) >= 11 is 0. The van der Waals surface area contributed by atoms with Gasteiger partial charge in [-0.05, 0) is 81.5 Å². The molecule has 5 heteroatoms. The summed E-state index contributed by atoms with van der Waals surface area (Å²) in [6, 6.07) is 16.5. The molecule has 3 aromatic carbocycles. The van der Waals surface area contributed by atoms with E-state index in [0.29, 0.717) is 28.0 Å². The van der Waals surface area contributed by atoms with Gasteiger partial charge in [0.25, 0.3) is 0 Å². The molecule has 0 aliphatic rings. The summed E-state index contributed by atoms with van der Waals surface area (Å²) in [6.07, 6.45) is 4.21. The number of fused-ring (bicyclic) bond motifs is 1. The minimum Gasteiger partial charge on any atom is -0.478 e. The SMILES string of the molecule is CC.CCC(=Cc1cc(-c2oc3c(C(C)Nc4ccccc4C(=O)O)cc(C)cc3c(=O)c2C)ccc1C)CC. The van der Waals surface area contributed by atoms with E-state index in [9.17, 15) is 14.7 Å². The normalized spacial score (nSPS) is 11.4. The highest BCUT2D eigenvalue weighted by molar-refractivity contribution is 5.94. The van der Waals surface area contributed by atoms with Crippen LogP contribution in [0, 0.1) is 20.8 Å². The van der Waals surface area contributed by atoms with Crippen molar-refractivity contribution in [3.8, 4) is 11.3 Å². The second kappa shape index (κ2) is 13.3. The van der Waals surface area contributed by atoms with Crippen LogP contribution >= 0.6 is 0 Å². The number of para-hydroxylation sites is 1. The van der Waals surface area contributed by atoms with Gasteiger partial charge < -0.3 is 14.8 Å². The third-order valence-electron chi connectivity index (χ3n) is 7.20. The Morgan fingerprint density at radius 1 is 1.00 bits per heavy atom. The van der Waals surface area contributed by atoms with Crippen LogP contribution in [0.25, 0.3) is 28.4 Å². The van der Waals surface area contributed by atoms with E-state index in [4.69, 9.17) is 4.42 Å². The third kappa shape index (κ3) is 6.36. The molecule has 1 atom stereocenters. The van der Waals surface area contributed by atoms with E-state index in [-0.39, 0.29) is 17.0 Å². The lowest BCUT2D eigenvalue weighted by molar-refractivity contribution is 0.0698. The summed E-state index contributed by atoms with van der Waals surface area (Å²) in [5, 5.41) is 13.5. The molecule has 0 bridgehead atoms. The van der Waals surface area contributed by atoms with Gasteiger partial charge in [0.1, 0.15) is 11.3 Å². The second-order valence-corrected chi connectivity index (χ2v) is 9.91. The number of rotatable bonds is 8. The van der Waals surface area contributed by atoms with Gasteiger partial charge in [0, 0.05) is 22.4 Å². The Balaban J connectivity index is 0.00000216. The molecule has 1 heterocycles. The van der Waals surface area contributed by atoms with Gasteiger partial charge in [-0.15, -0.1) is 0 Å². The van der Waals surface area contributed by atoms with E-state index in [1.165, 1.54) is 11.1 Å². The first-order valence-electron chi connectivity index (χ1n) is 14.1. The Labute approximate surface area is 237 Å². The highest BCUT2D eigenvalue weighted by Crippen LogP contribution is 2.33. The predicted octanol–water partition coefficient (Wildman–Crippen LogP) is 9.49. The van der Waals surface area contributed by atoms with Gasteiger partial charge in [-0.2, -0.15) is 0 Å². The van der Waals surface area contributed by atoms with Crippen molar-refractivity contribution < 1.29 is 14.3 Å². The molecular weight excluding hydrogens is 498 g/mol. The average molecular weight is 540 g/mol. The van der Waals surface area contributed by atoms with E-state index in [1.807, 2.05) is 52.8 Å². The maximum absolute atomic E-state index is 13.6. The van der Waals surface area contributed by atoms with E-state index in [2.05, 4.69) is 44.3 Å². The van der Waals surface area contributed by atoms with Crippen molar-refractivity contribution in [3.63, 3.8) is 0 Å². The van der Waals surface area contributed by atoms with Crippen molar-refractivity contribution in [1.29, 1.82) is 0 Å². The zero-order valence-corrected chi connectivity index (χ0v) is 24.9. The van der Waals surface area contributed by atoms with E-state index in [0.717, 1.165) is 35.1 Å². The summed E-state index contributed by atoms with van der Waals surface area (Å²) in [6.45, 7) is 16.1. The van der Waals surface area contributed by atoms with Crippen LogP contribution in [0.15, 0.2) is 69.4 Å². The Bertz CT molecular complexity index is 1600. The van der Waals surface area contributed by atoms with Crippen LogP contribution in [0.4, 0.5) is 5.69 Å². The van der Waals surface area contributed by atoms with Crippen LogP contribution in [0.5, 0.6) is 0 Å². The Kier molecular flexibility index (Phi) is 10.1. The number of benzene rings is 3. The molecule has 0 amide bonds. The first kappa shape index (κ1) is 30.4. The van der Waals surface area contributed by atoms with Gasteiger partial charge in [-0.25, -0.2) is 4.79 Å². The number of anilines is 1. The fourth-order valence-electron chi connectivity index (χ4n) is 4.88. The standard InChI is InChI=1S/C33H35NO4.C2H6/c1-7-23(8-2)17-25-18-24(14-13-20(25)4)31-21(5)30(35)28-16-19(3)15-27(32(28)38-31)22(6)34-29-12-10-9-11-26(29)33(36)37;1-2/h9-18,22,34H,7-8H2,1-6H3,(H,36,37);1-2H3. The minimum atomic E-state index is -1.00. The maximum Gasteiger partial charge on any atom is 0.337 e. The first-order valence-corrected chi connectivity index (χ1v) is 14.1. The number of hydrogen-bond donors (Lipinski definition) is 2. The van der Waals surface area contributed by atoms with Crippen LogP contribution in [-0.4, -0.2) is 11.1 Å². The van der Waals surface area contributed by atoms with Crippen LogP contribution in [0.3, 0.4) is 0 Å². The maximum atomic E-state index is 13.6. The Morgan fingerprint density at radius 3 is 2.33 bits per heavy atom. The quantitative estimate of drug-likeness (QED) is 0.233. The molecule has 2 N–H and O–H groups in total. The van der Waals surface area contributed by atoms with Crippen LogP contribution in [-0.2, 0) is 0 Å². The number of carboxylic acids is 1. The fourth-order valence-corrected chi connectivity index (χ4v) is 4.88. The van der Waals surface area contributed by atoms with Crippen molar-refractivity contribution in [1.82, 2.24) is 0 Å². The van der Waals surface area contributed by atoms with Gasteiger partial charge in [-0.1, -0.05) is 69.7 Å². The molecule has 0 saturated heterocycles. The molecule has 5 nitrogen and oxygen atoms in total. The summed E-state index contributed by atoms with van der Waals surface area (Å²) in [7, 11) is 0. The van der Waals surface area contributed by atoms with Gasteiger partial charge in [0.2, 0.25) is 0 Å². The van der Waals surface area contributed by atoms with E-state index >= 15 is 0 Å².